The fourth-order valence-corrected chi connectivity index (χ4v) is 1.90. The first-order chi connectivity index (χ1) is 10.9. The fraction of sp³-hybridized carbons (Fsp3) is 0. The van der Waals surface area contributed by atoms with E-state index in [1.165, 1.54) is 0 Å². The van der Waals surface area contributed by atoms with Gasteiger partial charge in [-0.1, -0.05) is 54.6 Å². The maximum absolute atomic E-state index is 5.78. The molecule has 3 aromatic carbocycles. The van der Waals surface area contributed by atoms with E-state index in [-0.39, 0.29) is 18.9 Å². The molecule has 3 aromatic rings. The second-order valence-corrected chi connectivity index (χ2v) is 4.58. The van der Waals surface area contributed by atoms with E-state index in [2.05, 4.69) is 0 Å². The summed E-state index contributed by atoms with van der Waals surface area (Å²) in [5.41, 5.74) is 0. The van der Waals surface area contributed by atoms with Gasteiger partial charge in [0.2, 0.25) is 0 Å². The summed E-state index contributed by atoms with van der Waals surface area (Å²) in [4.78, 5) is 0. The summed E-state index contributed by atoms with van der Waals surface area (Å²) in [6.45, 7) is 0. The molecule has 3 rings (SSSR count). The maximum atomic E-state index is 5.78. The van der Waals surface area contributed by atoms with Crippen molar-refractivity contribution in [3.63, 3.8) is 0 Å². The molecule has 0 fully saturated rings. The molecule has 0 aliphatic carbocycles. The Bertz CT molecular complexity index is 582. The van der Waals surface area contributed by atoms with E-state index in [1.807, 2.05) is 91.0 Å². The normalized spacial score (nSPS) is 9.39. The summed E-state index contributed by atoms with van der Waals surface area (Å²) < 4.78 is 17.3. The molecule has 0 saturated carbocycles. The van der Waals surface area contributed by atoms with Crippen LogP contribution in [-0.2, 0) is 0 Å². The summed E-state index contributed by atoms with van der Waals surface area (Å²) in [7, 11) is -0.868. The molecule has 110 valence electrons. The molecule has 0 heterocycles. The Morgan fingerprint density at radius 1 is 0.435 bits per heavy atom. The van der Waals surface area contributed by atoms with Crippen molar-refractivity contribution in [1.29, 1.82) is 0 Å². The van der Waals surface area contributed by atoms with Gasteiger partial charge in [-0.15, -0.1) is 0 Å². The van der Waals surface area contributed by atoms with E-state index >= 15 is 0 Å². The molecule has 0 radical (unpaired) electrons. The maximum Gasteiger partial charge on any atom is 0.864 e. The minimum atomic E-state index is -0.868. The van der Waals surface area contributed by atoms with E-state index in [0.29, 0.717) is 17.2 Å². The molecule has 23 heavy (non-hydrogen) atoms. The number of rotatable bonds is 6. The van der Waals surface area contributed by atoms with Gasteiger partial charge in [0.05, 0.1) is 0 Å². The third kappa shape index (κ3) is 5.45. The molecular weight excluding hydrogens is 282 g/mol. The molecule has 0 atom stereocenters. The summed E-state index contributed by atoms with van der Waals surface area (Å²) in [6.07, 6.45) is 0. The van der Waals surface area contributed by atoms with E-state index in [0.717, 1.165) is 0 Å². The number of benzene rings is 3. The van der Waals surface area contributed by atoms with E-state index in [4.69, 9.17) is 14.0 Å². The zero-order valence-electron chi connectivity index (χ0n) is 12.0. The second-order valence-electron chi connectivity index (χ2n) is 4.58. The van der Waals surface area contributed by atoms with Gasteiger partial charge in [-0.2, -0.15) is 0 Å². The molecule has 0 spiro atoms. The Kier molecular flexibility index (Phi) is 6.68. The van der Waals surface area contributed by atoms with Crippen molar-refractivity contribution in [2.45, 2.75) is 0 Å². The monoisotopic (exact) mass is 298 g/mol. The third-order valence-electron chi connectivity index (χ3n) is 2.93. The van der Waals surface area contributed by atoms with Crippen molar-refractivity contribution >= 4 is 26.2 Å². The molecule has 0 aromatic heterocycles. The summed E-state index contributed by atoms with van der Waals surface area (Å²) in [5.74, 6) is 2.04. The summed E-state index contributed by atoms with van der Waals surface area (Å²) in [5, 5.41) is 0. The molecule has 0 bridgehead atoms. The summed E-state index contributed by atoms with van der Waals surface area (Å²) >= 11 is 0. The van der Waals surface area contributed by atoms with Crippen LogP contribution in [0.2, 0.25) is 0 Å². The molecule has 3 nitrogen and oxygen atoms in total. The Morgan fingerprint density at radius 3 is 0.957 bits per heavy atom. The standard InChI is InChI=1S/C18H15BO3.Li.H/c1-4-10-16(11-5-1)20-19(21-17-12-6-2-7-13-17)22-18-14-8-3-9-15-18;;/h1-15H;;. The SMILES string of the molecule is [LiH].c1ccc(OB(Oc2ccccc2)Oc2ccccc2)cc1. The van der Waals surface area contributed by atoms with Crippen molar-refractivity contribution in [3.05, 3.63) is 91.0 Å². The van der Waals surface area contributed by atoms with Crippen LogP contribution in [0.4, 0.5) is 0 Å². The first kappa shape index (κ1) is 17.1. The Hall–Kier alpha value is -2.28. The van der Waals surface area contributed by atoms with Crippen LogP contribution in [0.25, 0.3) is 0 Å². The molecule has 0 aliphatic rings. The predicted molar refractivity (Wildman–Crippen MR) is 94.1 cm³/mol. The Labute approximate surface area is 148 Å². The van der Waals surface area contributed by atoms with Gasteiger partial charge in [0.25, 0.3) is 0 Å². The van der Waals surface area contributed by atoms with Gasteiger partial charge in [-0.25, -0.2) is 0 Å². The van der Waals surface area contributed by atoms with Crippen LogP contribution in [0, 0.1) is 0 Å². The van der Waals surface area contributed by atoms with Crippen molar-refractivity contribution in [1.82, 2.24) is 0 Å². The van der Waals surface area contributed by atoms with Gasteiger partial charge in [0.15, 0.2) is 0 Å². The molecule has 0 N–H and O–H groups in total. The van der Waals surface area contributed by atoms with E-state index in [9.17, 15) is 0 Å². The molecule has 0 amide bonds. The van der Waals surface area contributed by atoms with Crippen LogP contribution in [0.3, 0.4) is 0 Å². The predicted octanol–water partition coefficient (Wildman–Crippen LogP) is 3.56. The van der Waals surface area contributed by atoms with Gasteiger partial charge in [0, 0.05) is 0 Å². The van der Waals surface area contributed by atoms with E-state index in [1.54, 1.807) is 0 Å². The summed E-state index contributed by atoms with van der Waals surface area (Å²) in [6, 6.07) is 28.3. The smallest absolute Gasteiger partial charge is 0.490 e. The van der Waals surface area contributed by atoms with Crippen molar-refractivity contribution in [2.24, 2.45) is 0 Å². The van der Waals surface area contributed by atoms with Gasteiger partial charge < -0.3 is 14.0 Å². The van der Waals surface area contributed by atoms with Crippen LogP contribution in [0.5, 0.6) is 17.2 Å². The van der Waals surface area contributed by atoms with Gasteiger partial charge in [-0.3, -0.25) is 0 Å². The number of hydrogen-bond donors (Lipinski definition) is 0. The quantitative estimate of drug-likeness (QED) is 0.651. The second kappa shape index (κ2) is 9.00. The van der Waals surface area contributed by atoms with E-state index < -0.39 is 7.32 Å². The minimum absolute atomic E-state index is 0. The van der Waals surface area contributed by atoms with Gasteiger partial charge >= 0.3 is 26.2 Å². The average molecular weight is 298 g/mol. The molecule has 0 unspecified atom stereocenters. The zero-order valence-corrected chi connectivity index (χ0v) is 12.0. The van der Waals surface area contributed by atoms with Gasteiger partial charge in [-0.05, 0) is 36.4 Å². The van der Waals surface area contributed by atoms with Crippen LogP contribution >= 0.6 is 0 Å². The van der Waals surface area contributed by atoms with Crippen molar-refractivity contribution in [2.75, 3.05) is 0 Å². The largest absolute Gasteiger partial charge is 0.864 e. The Morgan fingerprint density at radius 2 is 0.696 bits per heavy atom. The molecule has 0 saturated heterocycles. The first-order valence-corrected chi connectivity index (χ1v) is 7.05. The van der Waals surface area contributed by atoms with Crippen LogP contribution in [0.1, 0.15) is 0 Å². The zero-order chi connectivity index (χ0) is 15.0. The number of hydrogen-bond acceptors (Lipinski definition) is 3. The first-order valence-electron chi connectivity index (χ1n) is 7.05. The molecular formula is C18H16BLiO3. The topological polar surface area (TPSA) is 27.7 Å². The van der Waals surface area contributed by atoms with Crippen molar-refractivity contribution < 1.29 is 14.0 Å². The van der Waals surface area contributed by atoms with Gasteiger partial charge in [0.1, 0.15) is 17.2 Å². The van der Waals surface area contributed by atoms with Crippen LogP contribution in [-0.4, -0.2) is 26.2 Å². The van der Waals surface area contributed by atoms with Crippen LogP contribution in [0.15, 0.2) is 91.0 Å². The third-order valence-corrected chi connectivity index (χ3v) is 2.93. The molecule has 5 heteroatoms. The number of para-hydroxylation sites is 3. The minimum Gasteiger partial charge on any atom is -0.490 e. The molecule has 0 aliphatic heterocycles. The van der Waals surface area contributed by atoms with Crippen LogP contribution < -0.4 is 14.0 Å². The van der Waals surface area contributed by atoms with Crippen molar-refractivity contribution in [3.8, 4) is 17.2 Å². The average Bonchev–Trinajstić information content (AvgIpc) is 2.57. The fourth-order valence-electron chi connectivity index (χ4n) is 1.90. The Balaban J connectivity index is 0.00000192.